The van der Waals surface area contributed by atoms with Crippen LogP contribution >= 0.6 is 0 Å². The largest absolute Gasteiger partial charge is 0.392 e. The topological polar surface area (TPSA) is 35.9 Å². The van der Waals surface area contributed by atoms with Gasteiger partial charge in [0.1, 0.15) is 0 Å². The highest BCUT2D eigenvalue weighted by Gasteiger charge is 2.24. The molecule has 25 heavy (non-hydrogen) atoms. The summed E-state index contributed by atoms with van der Waals surface area (Å²) < 4.78 is 5.83. The van der Waals surface area contributed by atoms with E-state index in [1.54, 1.807) is 0 Å². The number of rotatable bonds is 6. The van der Waals surface area contributed by atoms with Crippen LogP contribution in [0.2, 0.25) is 0 Å². The van der Waals surface area contributed by atoms with E-state index < -0.39 is 0 Å². The van der Waals surface area contributed by atoms with Gasteiger partial charge in [0.25, 0.3) is 0 Å². The van der Waals surface area contributed by atoms with Gasteiger partial charge in [-0.15, -0.1) is 0 Å². The van der Waals surface area contributed by atoms with Crippen molar-refractivity contribution in [2.45, 2.75) is 58.5 Å². The molecule has 1 aromatic rings. The van der Waals surface area contributed by atoms with Crippen molar-refractivity contribution < 1.29 is 9.84 Å². The first kappa shape index (κ1) is 18.8. The number of piperidine rings is 1. The fourth-order valence-corrected chi connectivity index (χ4v) is 4.27. The van der Waals surface area contributed by atoms with Gasteiger partial charge in [0.15, 0.2) is 0 Å². The first-order valence-corrected chi connectivity index (χ1v) is 9.91. The van der Waals surface area contributed by atoms with E-state index in [4.69, 9.17) is 9.84 Å². The SMILES string of the molecule is CC1CN(CCC2CCN(Cc3ccc(CO)cc3)CC2)CC(C)O1. The number of aliphatic hydroxyl groups is 1. The van der Waals surface area contributed by atoms with Crippen molar-refractivity contribution in [2.75, 3.05) is 32.7 Å². The highest BCUT2D eigenvalue weighted by atomic mass is 16.5. The highest BCUT2D eigenvalue weighted by Crippen LogP contribution is 2.23. The average Bonchev–Trinajstić information content (AvgIpc) is 2.61. The van der Waals surface area contributed by atoms with Crippen LogP contribution in [0.25, 0.3) is 0 Å². The van der Waals surface area contributed by atoms with Crippen molar-refractivity contribution in [1.29, 1.82) is 0 Å². The molecule has 1 aromatic carbocycles. The van der Waals surface area contributed by atoms with Crippen LogP contribution in [0.1, 0.15) is 44.2 Å². The molecule has 140 valence electrons. The quantitative estimate of drug-likeness (QED) is 0.859. The molecule has 0 saturated carbocycles. The van der Waals surface area contributed by atoms with Gasteiger partial charge in [0.05, 0.1) is 18.8 Å². The van der Waals surface area contributed by atoms with E-state index in [1.807, 2.05) is 12.1 Å². The minimum atomic E-state index is 0.131. The second-order valence-electron chi connectivity index (χ2n) is 8.00. The third-order valence-electron chi connectivity index (χ3n) is 5.67. The van der Waals surface area contributed by atoms with E-state index >= 15 is 0 Å². The molecule has 1 N–H and O–H groups in total. The van der Waals surface area contributed by atoms with Crippen LogP contribution in [0.3, 0.4) is 0 Å². The zero-order chi connectivity index (χ0) is 17.6. The number of hydrogen-bond acceptors (Lipinski definition) is 4. The maximum atomic E-state index is 9.13. The first-order chi connectivity index (χ1) is 12.1. The van der Waals surface area contributed by atoms with Crippen molar-refractivity contribution in [1.82, 2.24) is 9.80 Å². The van der Waals surface area contributed by atoms with Crippen molar-refractivity contribution >= 4 is 0 Å². The predicted octanol–water partition coefficient (Wildman–Crippen LogP) is 2.89. The molecular formula is C21H34N2O2. The second-order valence-corrected chi connectivity index (χ2v) is 8.00. The number of morpholine rings is 1. The first-order valence-electron chi connectivity index (χ1n) is 9.91. The molecule has 3 rings (SSSR count). The molecule has 0 radical (unpaired) electrons. The van der Waals surface area contributed by atoms with Crippen LogP contribution in [0.5, 0.6) is 0 Å². The van der Waals surface area contributed by atoms with Crippen molar-refractivity contribution in [3.8, 4) is 0 Å². The summed E-state index contributed by atoms with van der Waals surface area (Å²) in [7, 11) is 0. The van der Waals surface area contributed by atoms with Gasteiger partial charge in [0.2, 0.25) is 0 Å². The maximum Gasteiger partial charge on any atom is 0.0681 e. The Bertz CT molecular complexity index is 501. The number of ether oxygens (including phenoxy) is 1. The Kier molecular flexibility index (Phi) is 6.88. The molecule has 2 atom stereocenters. The van der Waals surface area contributed by atoms with Gasteiger partial charge >= 0.3 is 0 Å². The third-order valence-corrected chi connectivity index (χ3v) is 5.67. The highest BCUT2D eigenvalue weighted by molar-refractivity contribution is 5.21. The lowest BCUT2D eigenvalue weighted by atomic mass is 9.93. The molecule has 4 nitrogen and oxygen atoms in total. The summed E-state index contributed by atoms with van der Waals surface area (Å²) in [6.07, 6.45) is 4.73. The minimum absolute atomic E-state index is 0.131. The summed E-state index contributed by atoms with van der Waals surface area (Å²) >= 11 is 0. The predicted molar refractivity (Wildman–Crippen MR) is 101 cm³/mol. The van der Waals surface area contributed by atoms with Gasteiger partial charge in [0, 0.05) is 19.6 Å². The molecule has 2 fully saturated rings. The van der Waals surface area contributed by atoms with Gasteiger partial charge in [-0.3, -0.25) is 9.80 Å². The van der Waals surface area contributed by atoms with Crippen molar-refractivity contribution in [2.24, 2.45) is 5.92 Å². The van der Waals surface area contributed by atoms with E-state index in [0.717, 1.165) is 31.1 Å². The molecular weight excluding hydrogens is 312 g/mol. The Morgan fingerprint density at radius 1 is 0.960 bits per heavy atom. The second kappa shape index (κ2) is 9.13. The molecule has 2 aliphatic heterocycles. The lowest BCUT2D eigenvalue weighted by molar-refractivity contribution is -0.0693. The maximum absolute atomic E-state index is 9.13. The summed E-state index contributed by atoms with van der Waals surface area (Å²) in [5, 5.41) is 9.13. The Hall–Kier alpha value is -0.940. The fraction of sp³-hybridized carbons (Fsp3) is 0.714. The van der Waals surface area contributed by atoms with E-state index in [-0.39, 0.29) is 6.61 Å². The van der Waals surface area contributed by atoms with Gasteiger partial charge in [-0.05, 0) is 69.8 Å². The van der Waals surface area contributed by atoms with E-state index in [9.17, 15) is 0 Å². The molecule has 4 heteroatoms. The number of aliphatic hydroxyl groups excluding tert-OH is 1. The Labute approximate surface area is 152 Å². The molecule has 2 unspecified atom stereocenters. The molecule has 2 saturated heterocycles. The third kappa shape index (κ3) is 5.78. The number of hydrogen-bond donors (Lipinski definition) is 1. The monoisotopic (exact) mass is 346 g/mol. The molecule has 0 aromatic heterocycles. The summed E-state index contributed by atoms with van der Waals surface area (Å²) in [6.45, 7) is 11.4. The normalized spacial score (nSPS) is 26.8. The summed E-state index contributed by atoms with van der Waals surface area (Å²) in [4.78, 5) is 5.16. The smallest absolute Gasteiger partial charge is 0.0681 e. The van der Waals surface area contributed by atoms with Crippen LogP contribution in [0.4, 0.5) is 0 Å². The van der Waals surface area contributed by atoms with Crippen LogP contribution in [0.15, 0.2) is 24.3 Å². The zero-order valence-corrected chi connectivity index (χ0v) is 15.9. The summed E-state index contributed by atoms with van der Waals surface area (Å²) in [5.41, 5.74) is 2.35. The summed E-state index contributed by atoms with van der Waals surface area (Å²) in [6, 6.07) is 8.37. The number of likely N-dealkylation sites (tertiary alicyclic amines) is 1. The van der Waals surface area contributed by atoms with E-state index in [0.29, 0.717) is 12.2 Å². The summed E-state index contributed by atoms with van der Waals surface area (Å²) in [5.74, 6) is 0.876. The van der Waals surface area contributed by atoms with Crippen LogP contribution in [0, 0.1) is 5.92 Å². The van der Waals surface area contributed by atoms with Crippen molar-refractivity contribution in [3.05, 3.63) is 35.4 Å². The molecule has 0 bridgehead atoms. The number of nitrogens with zero attached hydrogens (tertiary/aromatic N) is 2. The lowest BCUT2D eigenvalue weighted by Gasteiger charge is -2.37. The Morgan fingerprint density at radius 2 is 1.56 bits per heavy atom. The molecule has 2 aliphatic rings. The molecule has 0 spiro atoms. The van der Waals surface area contributed by atoms with Crippen LogP contribution < -0.4 is 0 Å². The number of benzene rings is 1. The van der Waals surface area contributed by atoms with Crippen molar-refractivity contribution in [3.63, 3.8) is 0 Å². The average molecular weight is 347 g/mol. The Balaban J connectivity index is 1.36. The Morgan fingerprint density at radius 3 is 2.16 bits per heavy atom. The molecule has 0 amide bonds. The molecule has 0 aliphatic carbocycles. The standard InChI is InChI=1S/C21H34N2O2/c1-17-13-23(14-18(2)25-17)12-9-19-7-10-22(11-8-19)15-20-3-5-21(16-24)6-4-20/h3-6,17-19,24H,7-16H2,1-2H3. The minimum Gasteiger partial charge on any atom is -0.392 e. The fourth-order valence-electron chi connectivity index (χ4n) is 4.27. The van der Waals surface area contributed by atoms with Gasteiger partial charge in [-0.1, -0.05) is 24.3 Å². The molecule has 2 heterocycles. The van der Waals surface area contributed by atoms with Gasteiger partial charge in [-0.25, -0.2) is 0 Å². The van der Waals surface area contributed by atoms with Gasteiger partial charge in [-0.2, -0.15) is 0 Å². The van der Waals surface area contributed by atoms with Crippen LogP contribution in [-0.4, -0.2) is 59.8 Å². The van der Waals surface area contributed by atoms with Gasteiger partial charge < -0.3 is 9.84 Å². The van der Waals surface area contributed by atoms with E-state index in [1.165, 1.54) is 44.5 Å². The lowest BCUT2D eigenvalue weighted by Crippen LogP contribution is -2.46. The zero-order valence-electron chi connectivity index (χ0n) is 15.9. The van der Waals surface area contributed by atoms with Crippen LogP contribution in [-0.2, 0) is 17.9 Å². The van der Waals surface area contributed by atoms with E-state index in [2.05, 4.69) is 35.8 Å².